The molecule has 0 bridgehead atoms. The molecule has 0 aliphatic carbocycles. The van der Waals surface area contributed by atoms with Gasteiger partial charge in [-0.3, -0.25) is 4.79 Å². The van der Waals surface area contributed by atoms with Crippen molar-refractivity contribution in [1.29, 1.82) is 0 Å². The SMILES string of the molecule is C=CC(=O)Nc1ccc2c(c1)OC(C)(C)O2. The Bertz CT molecular complexity index is 452. The van der Waals surface area contributed by atoms with E-state index in [0.717, 1.165) is 0 Å². The van der Waals surface area contributed by atoms with Crippen LogP contribution in [-0.2, 0) is 4.79 Å². The molecule has 1 aromatic carbocycles. The summed E-state index contributed by atoms with van der Waals surface area (Å²) in [7, 11) is 0. The van der Waals surface area contributed by atoms with Crippen molar-refractivity contribution in [2.75, 3.05) is 5.32 Å². The minimum atomic E-state index is -0.649. The lowest BCUT2D eigenvalue weighted by Gasteiger charge is -2.16. The molecule has 0 spiro atoms. The molecule has 0 atom stereocenters. The monoisotopic (exact) mass is 219 g/mol. The fourth-order valence-corrected chi connectivity index (χ4v) is 1.49. The van der Waals surface area contributed by atoms with Gasteiger partial charge < -0.3 is 14.8 Å². The number of hydrogen-bond acceptors (Lipinski definition) is 3. The summed E-state index contributed by atoms with van der Waals surface area (Å²) in [6, 6.07) is 5.25. The number of rotatable bonds is 2. The molecule has 4 nitrogen and oxygen atoms in total. The van der Waals surface area contributed by atoms with Crippen LogP contribution in [0.2, 0.25) is 0 Å². The highest BCUT2D eigenvalue weighted by molar-refractivity contribution is 5.99. The van der Waals surface area contributed by atoms with Crippen LogP contribution < -0.4 is 14.8 Å². The van der Waals surface area contributed by atoms with Crippen molar-refractivity contribution < 1.29 is 14.3 Å². The molecule has 4 heteroatoms. The second kappa shape index (κ2) is 3.56. The Morgan fingerprint density at radius 1 is 1.38 bits per heavy atom. The molecule has 1 N–H and O–H groups in total. The van der Waals surface area contributed by atoms with Gasteiger partial charge >= 0.3 is 0 Å². The molecule has 1 aliphatic rings. The molecule has 0 fully saturated rings. The number of carbonyl (C=O) groups is 1. The van der Waals surface area contributed by atoms with Crippen LogP contribution in [0.5, 0.6) is 11.5 Å². The highest BCUT2D eigenvalue weighted by atomic mass is 16.7. The molecule has 1 amide bonds. The molecular weight excluding hydrogens is 206 g/mol. The summed E-state index contributed by atoms with van der Waals surface area (Å²) in [4.78, 5) is 11.1. The van der Waals surface area contributed by atoms with Crippen LogP contribution in [0, 0.1) is 0 Å². The summed E-state index contributed by atoms with van der Waals surface area (Å²) in [5, 5.41) is 2.66. The van der Waals surface area contributed by atoms with E-state index in [1.165, 1.54) is 6.08 Å². The third-order valence-electron chi connectivity index (χ3n) is 2.11. The van der Waals surface area contributed by atoms with E-state index in [0.29, 0.717) is 17.2 Å². The number of anilines is 1. The van der Waals surface area contributed by atoms with E-state index in [4.69, 9.17) is 9.47 Å². The molecule has 16 heavy (non-hydrogen) atoms. The molecule has 2 rings (SSSR count). The Balaban J connectivity index is 2.22. The average molecular weight is 219 g/mol. The van der Waals surface area contributed by atoms with Crippen LogP contribution in [-0.4, -0.2) is 11.7 Å². The van der Waals surface area contributed by atoms with Crippen molar-refractivity contribution in [2.45, 2.75) is 19.6 Å². The van der Waals surface area contributed by atoms with E-state index < -0.39 is 5.79 Å². The van der Waals surface area contributed by atoms with Crippen LogP contribution in [0.4, 0.5) is 5.69 Å². The fourth-order valence-electron chi connectivity index (χ4n) is 1.49. The van der Waals surface area contributed by atoms with Gasteiger partial charge in [-0.25, -0.2) is 0 Å². The lowest BCUT2D eigenvalue weighted by molar-refractivity contribution is -0.111. The maximum atomic E-state index is 11.1. The average Bonchev–Trinajstić information content (AvgIpc) is 2.51. The van der Waals surface area contributed by atoms with E-state index in [2.05, 4.69) is 11.9 Å². The molecule has 1 aromatic rings. The van der Waals surface area contributed by atoms with Crippen molar-refractivity contribution in [3.8, 4) is 11.5 Å². The van der Waals surface area contributed by atoms with Gasteiger partial charge in [-0.1, -0.05) is 6.58 Å². The lowest BCUT2D eigenvalue weighted by Crippen LogP contribution is -2.29. The van der Waals surface area contributed by atoms with E-state index in [1.54, 1.807) is 18.2 Å². The highest BCUT2D eigenvalue weighted by Gasteiger charge is 2.31. The first-order valence-corrected chi connectivity index (χ1v) is 4.96. The molecule has 0 aromatic heterocycles. The fraction of sp³-hybridized carbons (Fsp3) is 0.250. The molecular formula is C12H13NO3. The van der Waals surface area contributed by atoms with Crippen molar-refractivity contribution >= 4 is 11.6 Å². The Labute approximate surface area is 93.9 Å². The summed E-state index contributed by atoms with van der Waals surface area (Å²) in [6.45, 7) is 7.04. The first kappa shape index (κ1) is 10.5. The third kappa shape index (κ3) is 2.00. The molecule has 0 radical (unpaired) electrons. The topological polar surface area (TPSA) is 47.6 Å². The largest absolute Gasteiger partial charge is 0.449 e. The second-order valence-corrected chi connectivity index (χ2v) is 3.96. The molecule has 84 valence electrons. The molecule has 0 saturated heterocycles. The second-order valence-electron chi connectivity index (χ2n) is 3.96. The van der Waals surface area contributed by atoms with Gasteiger partial charge in [0.1, 0.15) is 0 Å². The van der Waals surface area contributed by atoms with Crippen LogP contribution in [0.3, 0.4) is 0 Å². The van der Waals surface area contributed by atoms with Gasteiger partial charge in [0.2, 0.25) is 11.7 Å². The highest BCUT2D eigenvalue weighted by Crippen LogP contribution is 2.40. The minimum absolute atomic E-state index is 0.252. The number of nitrogens with one attached hydrogen (secondary N) is 1. The van der Waals surface area contributed by atoms with Crippen LogP contribution in [0.15, 0.2) is 30.9 Å². The molecule has 0 saturated carbocycles. The zero-order valence-electron chi connectivity index (χ0n) is 9.24. The normalized spacial score (nSPS) is 15.6. The summed E-state index contributed by atoms with van der Waals surface area (Å²) < 4.78 is 11.1. The van der Waals surface area contributed by atoms with E-state index in [1.807, 2.05) is 13.8 Å². The predicted molar refractivity (Wildman–Crippen MR) is 60.6 cm³/mol. The van der Waals surface area contributed by atoms with Gasteiger partial charge in [0, 0.05) is 25.6 Å². The standard InChI is InChI=1S/C12H13NO3/c1-4-11(14)13-8-5-6-9-10(7-8)16-12(2,3)15-9/h4-7H,1H2,2-3H3,(H,13,14). The van der Waals surface area contributed by atoms with E-state index in [-0.39, 0.29) is 5.91 Å². The summed E-state index contributed by atoms with van der Waals surface area (Å²) >= 11 is 0. The van der Waals surface area contributed by atoms with Crippen LogP contribution in [0.25, 0.3) is 0 Å². The zero-order chi connectivity index (χ0) is 11.8. The quantitative estimate of drug-likeness (QED) is 0.776. The Morgan fingerprint density at radius 2 is 2.06 bits per heavy atom. The van der Waals surface area contributed by atoms with E-state index >= 15 is 0 Å². The van der Waals surface area contributed by atoms with Gasteiger partial charge in [0.15, 0.2) is 11.5 Å². The van der Waals surface area contributed by atoms with E-state index in [9.17, 15) is 4.79 Å². The maximum absolute atomic E-state index is 11.1. The number of carbonyl (C=O) groups excluding carboxylic acids is 1. The number of ether oxygens (including phenoxy) is 2. The van der Waals surface area contributed by atoms with Crippen molar-refractivity contribution in [3.63, 3.8) is 0 Å². The summed E-state index contributed by atoms with van der Waals surface area (Å²) in [5.74, 6) is 0.412. The van der Waals surface area contributed by atoms with Gasteiger partial charge in [-0.15, -0.1) is 0 Å². The lowest BCUT2D eigenvalue weighted by atomic mass is 10.3. The van der Waals surface area contributed by atoms with Crippen molar-refractivity contribution in [1.82, 2.24) is 0 Å². The number of fused-ring (bicyclic) bond motifs is 1. The maximum Gasteiger partial charge on any atom is 0.247 e. The van der Waals surface area contributed by atoms with Crippen molar-refractivity contribution in [3.05, 3.63) is 30.9 Å². The van der Waals surface area contributed by atoms with Crippen LogP contribution in [0.1, 0.15) is 13.8 Å². The van der Waals surface area contributed by atoms with Crippen LogP contribution >= 0.6 is 0 Å². The summed E-state index contributed by atoms with van der Waals surface area (Å²) in [5.41, 5.74) is 0.657. The summed E-state index contributed by atoms with van der Waals surface area (Å²) in [6.07, 6.45) is 1.22. The van der Waals surface area contributed by atoms with Gasteiger partial charge in [-0.05, 0) is 18.2 Å². The third-order valence-corrected chi connectivity index (χ3v) is 2.11. The first-order valence-electron chi connectivity index (χ1n) is 4.96. The van der Waals surface area contributed by atoms with Gasteiger partial charge in [0.25, 0.3) is 0 Å². The number of hydrogen-bond donors (Lipinski definition) is 1. The number of benzene rings is 1. The predicted octanol–water partition coefficient (Wildman–Crippen LogP) is 2.32. The Hall–Kier alpha value is -1.97. The number of amides is 1. The first-order chi connectivity index (χ1) is 7.50. The van der Waals surface area contributed by atoms with Crippen molar-refractivity contribution in [2.24, 2.45) is 0 Å². The van der Waals surface area contributed by atoms with Gasteiger partial charge in [-0.2, -0.15) is 0 Å². The molecule has 1 heterocycles. The molecule has 1 aliphatic heterocycles. The molecule has 0 unspecified atom stereocenters. The minimum Gasteiger partial charge on any atom is -0.449 e. The smallest absolute Gasteiger partial charge is 0.247 e. The Kier molecular flexibility index (Phi) is 2.34. The Morgan fingerprint density at radius 3 is 2.75 bits per heavy atom. The zero-order valence-corrected chi connectivity index (χ0v) is 9.24. The van der Waals surface area contributed by atoms with Gasteiger partial charge in [0.05, 0.1) is 0 Å².